The Morgan fingerprint density at radius 3 is 2.51 bits per heavy atom. The molecule has 19 heteroatoms. The van der Waals surface area contributed by atoms with Gasteiger partial charge < -0.3 is 30.7 Å². The fourth-order valence-electron chi connectivity index (χ4n) is 4.66. The molecule has 0 radical (unpaired) electrons. The first kappa shape index (κ1) is 35.3. The van der Waals surface area contributed by atoms with Gasteiger partial charge in [0.2, 0.25) is 10.4 Å². The minimum atomic E-state index is -5.24. The molecule has 1 aromatic carbocycles. The largest absolute Gasteiger partial charge is 0.724 e. The van der Waals surface area contributed by atoms with Gasteiger partial charge in [-0.15, -0.1) is 11.3 Å². The Morgan fingerprint density at radius 1 is 1.26 bits per heavy atom. The second-order valence-corrected chi connectivity index (χ2v) is 12.8. The number of nitrogen functional groups attached to an aromatic ring is 1. The number of aromatic nitrogens is 3. The van der Waals surface area contributed by atoms with Crippen molar-refractivity contribution in [2.45, 2.75) is 44.8 Å². The quantitative estimate of drug-likeness (QED) is 0.0458. The van der Waals surface area contributed by atoms with Gasteiger partial charge >= 0.3 is 5.97 Å². The number of nitrogens with zero attached hydrogens (tertiary/aromatic N) is 5. The molecule has 1 fully saturated rings. The number of aliphatic carboxylic acids is 1. The van der Waals surface area contributed by atoms with Crippen LogP contribution in [0.4, 0.5) is 5.13 Å². The average molecular weight is 692 g/mol. The smallest absolute Gasteiger partial charge is 0.351 e. The molecule has 252 valence electrons. The normalized spacial score (nSPS) is 16.8. The number of oxime groups is 1. The van der Waals surface area contributed by atoms with Crippen molar-refractivity contribution < 1.29 is 50.9 Å². The first-order valence-electron chi connectivity index (χ1n) is 14.1. The number of ether oxygens (including phenoxy) is 1. The number of amides is 1. The van der Waals surface area contributed by atoms with Crippen LogP contribution < -0.4 is 20.8 Å². The van der Waals surface area contributed by atoms with Crippen molar-refractivity contribution in [3.8, 4) is 16.9 Å². The van der Waals surface area contributed by atoms with E-state index in [9.17, 15) is 32.5 Å². The number of hydrogen-bond acceptors (Lipinski definition) is 15. The fraction of sp³-hybridized carbons (Fsp3) is 0.393. The summed E-state index contributed by atoms with van der Waals surface area (Å²) < 4.78 is 44.8. The Balaban J connectivity index is 1.44. The number of benzene rings is 1. The van der Waals surface area contributed by atoms with Crippen LogP contribution in [-0.4, -0.2) is 81.3 Å². The molecule has 2 atom stereocenters. The summed E-state index contributed by atoms with van der Waals surface area (Å²) in [5.74, 6) is -3.02. The Morgan fingerprint density at radius 2 is 1.96 bits per heavy atom. The molecule has 0 saturated carbocycles. The number of ketones is 1. The van der Waals surface area contributed by atoms with Gasteiger partial charge in [0.25, 0.3) is 17.8 Å². The molecule has 3 aromatic rings. The number of β-lactam (4-membered cyclic amide) rings is 1. The standard InChI is InChI=1S/C28H33N7O10S2/c1-28(2)19(25(37)35(28)45-47(40,41)42)11-21(36)24(20-15-46-27(30)32-20)33-44-22(26(38)39)14-43-18-8-6-16(7-9-18)17-12-31-23(5-4-10-29)34(3)13-17/h6-9,12-13,15,19,22H,4-5,10-11,14,29H2,1-3H3,(H3-,30,32,38,39,40,41,42)/b33-24-/t19-,22?/m1/s1. The van der Waals surface area contributed by atoms with Crippen LogP contribution in [-0.2, 0) is 47.4 Å². The van der Waals surface area contributed by atoms with E-state index in [0.717, 1.165) is 41.1 Å². The van der Waals surface area contributed by atoms with E-state index in [1.807, 2.05) is 17.8 Å². The highest BCUT2D eigenvalue weighted by Crippen LogP contribution is 2.40. The van der Waals surface area contributed by atoms with Crippen LogP contribution in [0.3, 0.4) is 0 Å². The van der Waals surface area contributed by atoms with Gasteiger partial charge in [0.05, 0.1) is 30.5 Å². The highest BCUT2D eigenvalue weighted by molar-refractivity contribution is 7.80. The maximum atomic E-state index is 13.3. The van der Waals surface area contributed by atoms with E-state index < -0.39 is 64.4 Å². The highest BCUT2D eigenvalue weighted by atomic mass is 32.3. The molecule has 5 N–H and O–H groups in total. The van der Waals surface area contributed by atoms with Crippen molar-refractivity contribution >= 4 is 50.2 Å². The SMILES string of the molecule is C[n+]1cc(-c2ccc(OCC(O/N=C(\C(=O)C[C@@H]3C(=O)N(OS(=O)(=O)[O-])C3(C)C)c3csc(N)n3)C(=O)O)cc2)cnc1CCCN. The van der Waals surface area contributed by atoms with Crippen molar-refractivity contribution in [2.24, 2.45) is 23.9 Å². The number of carbonyl (C=O) groups is 3. The third kappa shape index (κ3) is 8.63. The van der Waals surface area contributed by atoms with Gasteiger partial charge in [0.15, 0.2) is 22.8 Å². The molecule has 1 aliphatic rings. The molecule has 3 heterocycles. The van der Waals surface area contributed by atoms with E-state index in [1.54, 1.807) is 30.5 Å². The molecule has 17 nitrogen and oxygen atoms in total. The summed E-state index contributed by atoms with van der Waals surface area (Å²) in [5, 5.41) is 15.4. The number of carboxylic acid groups (broad SMARTS) is 1. The van der Waals surface area contributed by atoms with Crippen molar-refractivity contribution in [2.75, 3.05) is 18.9 Å². The summed E-state index contributed by atoms with van der Waals surface area (Å²) in [6, 6.07) is 6.86. The Kier molecular flexibility index (Phi) is 10.9. The Bertz CT molecular complexity index is 1780. The summed E-state index contributed by atoms with van der Waals surface area (Å²) in [7, 11) is -3.34. The molecule has 2 aromatic heterocycles. The Hall–Kier alpha value is -4.56. The molecular formula is C28H33N7O10S2. The van der Waals surface area contributed by atoms with Gasteiger partial charge in [-0.1, -0.05) is 22.3 Å². The third-order valence-electron chi connectivity index (χ3n) is 7.29. The zero-order valence-corrected chi connectivity index (χ0v) is 27.2. The summed E-state index contributed by atoms with van der Waals surface area (Å²) in [6.45, 7) is 2.87. The molecule has 1 saturated heterocycles. The molecule has 0 spiro atoms. The lowest BCUT2D eigenvalue weighted by atomic mass is 9.74. The highest BCUT2D eigenvalue weighted by Gasteiger charge is 2.57. The minimum absolute atomic E-state index is 0.0340. The van der Waals surface area contributed by atoms with E-state index in [2.05, 4.69) is 19.4 Å². The summed E-state index contributed by atoms with van der Waals surface area (Å²) in [4.78, 5) is 51.6. The van der Waals surface area contributed by atoms with E-state index in [1.165, 1.54) is 19.2 Å². The zero-order valence-electron chi connectivity index (χ0n) is 25.6. The number of anilines is 1. The number of rotatable bonds is 16. The summed E-state index contributed by atoms with van der Waals surface area (Å²) in [5.41, 5.74) is 11.2. The molecule has 1 unspecified atom stereocenters. The fourth-order valence-corrected chi connectivity index (χ4v) is 5.66. The van der Waals surface area contributed by atoms with Crippen LogP contribution in [0.2, 0.25) is 0 Å². The number of nitrogens with two attached hydrogens (primary N) is 2. The van der Waals surface area contributed by atoms with Crippen LogP contribution in [0.25, 0.3) is 11.1 Å². The predicted octanol–water partition coefficient (Wildman–Crippen LogP) is 0.344. The molecule has 4 rings (SSSR count). The number of carboxylic acids is 1. The number of hydrogen-bond donors (Lipinski definition) is 3. The lowest BCUT2D eigenvalue weighted by Gasteiger charge is -2.51. The van der Waals surface area contributed by atoms with Crippen molar-refractivity contribution in [1.29, 1.82) is 0 Å². The molecule has 1 aliphatic heterocycles. The predicted molar refractivity (Wildman–Crippen MR) is 164 cm³/mol. The van der Waals surface area contributed by atoms with Gasteiger partial charge in [-0.25, -0.2) is 22.8 Å². The van der Waals surface area contributed by atoms with Crippen molar-refractivity contribution in [3.05, 3.63) is 53.6 Å². The van der Waals surface area contributed by atoms with Crippen LogP contribution in [0.5, 0.6) is 5.75 Å². The first-order valence-corrected chi connectivity index (χ1v) is 16.3. The number of aryl methyl sites for hydroxylation is 2. The number of thiazole rings is 1. The molecule has 0 bridgehead atoms. The number of hydroxylamine groups is 2. The molecule has 0 aliphatic carbocycles. The lowest BCUT2D eigenvalue weighted by Crippen LogP contribution is -2.68. The van der Waals surface area contributed by atoms with Crippen LogP contribution >= 0.6 is 11.3 Å². The monoisotopic (exact) mass is 691 g/mol. The van der Waals surface area contributed by atoms with Gasteiger partial charge in [0.1, 0.15) is 24.2 Å². The van der Waals surface area contributed by atoms with Gasteiger partial charge in [-0.2, -0.15) is 9.35 Å². The average Bonchev–Trinajstić information content (AvgIpc) is 3.44. The summed E-state index contributed by atoms with van der Waals surface area (Å²) >= 11 is 0.978. The second-order valence-electron chi connectivity index (χ2n) is 11.0. The van der Waals surface area contributed by atoms with E-state index in [0.29, 0.717) is 17.4 Å². The van der Waals surface area contributed by atoms with Crippen LogP contribution in [0.15, 0.2) is 47.2 Å². The van der Waals surface area contributed by atoms with Crippen molar-refractivity contribution in [1.82, 2.24) is 15.0 Å². The van der Waals surface area contributed by atoms with Crippen molar-refractivity contribution in [3.63, 3.8) is 0 Å². The Labute approximate surface area is 273 Å². The number of Topliss-reactive ketones (excluding diaryl/α,β-unsaturated/α-hetero) is 1. The lowest BCUT2D eigenvalue weighted by molar-refractivity contribution is -0.682. The number of carbonyl (C=O) groups excluding carboxylic acids is 2. The van der Waals surface area contributed by atoms with E-state index in [4.69, 9.17) is 21.0 Å². The van der Waals surface area contributed by atoms with Crippen LogP contribution in [0.1, 0.15) is 38.2 Å². The van der Waals surface area contributed by atoms with E-state index >= 15 is 0 Å². The maximum absolute atomic E-state index is 13.3. The molecule has 47 heavy (non-hydrogen) atoms. The molecular weight excluding hydrogens is 658 g/mol. The van der Waals surface area contributed by atoms with Gasteiger partial charge in [-0.05, 0) is 44.5 Å². The molecule has 1 amide bonds. The second kappa shape index (κ2) is 14.5. The minimum Gasteiger partial charge on any atom is -0.724 e. The van der Waals surface area contributed by atoms with E-state index in [-0.39, 0.29) is 10.8 Å². The third-order valence-corrected chi connectivity index (χ3v) is 8.30. The van der Waals surface area contributed by atoms with Gasteiger partial charge in [-0.3, -0.25) is 9.59 Å². The summed E-state index contributed by atoms with van der Waals surface area (Å²) in [6.07, 6.45) is 3.10. The topological polar surface area (TPSA) is 254 Å². The van der Waals surface area contributed by atoms with Crippen LogP contribution in [0, 0.1) is 5.92 Å². The van der Waals surface area contributed by atoms with Gasteiger partial charge in [0, 0.05) is 11.8 Å². The zero-order chi connectivity index (χ0) is 34.5. The maximum Gasteiger partial charge on any atom is 0.351 e. The first-order chi connectivity index (χ1) is 22.1.